The molecule has 1 amide bonds. The number of rotatable bonds is 12. The number of sulfonamides is 1. The molecule has 0 bridgehead atoms. The van der Waals surface area contributed by atoms with E-state index in [0.29, 0.717) is 30.0 Å². The smallest absolute Gasteiger partial charge is 0.274 e. The number of hydrogen-bond donors (Lipinski definition) is 1. The summed E-state index contributed by atoms with van der Waals surface area (Å²) >= 11 is 0. The van der Waals surface area contributed by atoms with Gasteiger partial charge in [-0.1, -0.05) is 13.8 Å². The minimum atomic E-state index is -4.21. The summed E-state index contributed by atoms with van der Waals surface area (Å²) in [6.45, 7) is 7.60. The van der Waals surface area contributed by atoms with Crippen molar-refractivity contribution in [3.05, 3.63) is 63.8 Å². The van der Waals surface area contributed by atoms with Crippen LogP contribution in [0.5, 0.6) is 17.4 Å². The molecule has 1 aromatic heterocycles. The number of amides is 1. The first-order chi connectivity index (χ1) is 18.4. The standard InChI is InChI=1S/C26H33N5O7S/c1-7-15-29(5)25(32)24-18(4)26(30(27-24)19-9-12-21(37-6)13-10-19)38-22-14-11-20(31(33)34)16-23(22)39(35,36)28-17(3)8-2/h9-14,16-17,28H,7-8,15H2,1-6H3. The highest BCUT2D eigenvalue weighted by molar-refractivity contribution is 7.89. The average Bonchev–Trinajstić information content (AvgIpc) is 3.23. The molecule has 1 atom stereocenters. The molecule has 1 unspecified atom stereocenters. The predicted molar refractivity (Wildman–Crippen MR) is 145 cm³/mol. The molecule has 210 valence electrons. The fourth-order valence-electron chi connectivity index (χ4n) is 3.74. The van der Waals surface area contributed by atoms with E-state index >= 15 is 0 Å². The van der Waals surface area contributed by atoms with Gasteiger partial charge in [0, 0.05) is 37.3 Å². The first-order valence-corrected chi connectivity index (χ1v) is 13.9. The number of methoxy groups -OCH3 is 1. The first-order valence-electron chi connectivity index (χ1n) is 12.4. The molecule has 0 aliphatic rings. The number of nitro groups is 1. The van der Waals surface area contributed by atoms with Crippen LogP contribution in [0, 0.1) is 17.0 Å². The largest absolute Gasteiger partial charge is 0.497 e. The highest BCUT2D eigenvalue weighted by Crippen LogP contribution is 2.36. The van der Waals surface area contributed by atoms with E-state index in [2.05, 4.69) is 9.82 Å². The maximum atomic E-state index is 13.3. The van der Waals surface area contributed by atoms with Gasteiger partial charge in [-0.15, -0.1) is 0 Å². The van der Waals surface area contributed by atoms with Gasteiger partial charge in [0.1, 0.15) is 16.4 Å². The summed E-state index contributed by atoms with van der Waals surface area (Å²) in [6.07, 6.45) is 1.25. The number of carbonyl (C=O) groups is 1. The molecular weight excluding hydrogens is 526 g/mol. The molecule has 0 saturated heterocycles. The van der Waals surface area contributed by atoms with Gasteiger partial charge in [0.25, 0.3) is 11.6 Å². The highest BCUT2D eigenvalue weighted by Gasteiger charge is 2.29. The van der Waals surface area contributed by atoms with Crippen LogP contribution >= 0.6 is 0 Å². The van der Waals surface area contributed by atoms with Crippen LogP contribution in [0.15, 0.2) is 47.4 Å². The molecule has 0 fully saturated rings. The fourth-order valence-corrected chi connectivity index (χ4v) is 5.21. The molecule has 2 aromatic carbocycles. The first kappa shape index (κ1) is 29.6. The highest BCUT2D eigenvalue weighted by atomic mass is 32.2. The van der Waals surface area contributed by atoms with Crippen molar-refractivity contribution in [3.63, 3.8) is 0 Å². The van der Waals surface area contributed by atoms with Gasteiger partial charge in [0.05, 0.1) is 17.7 Å². The lowest BCUT2D eigenvalue weighted by atomic mass is 10.2. The Kier molecular flexibility index (Phi) is 9.30. The third kappa shape index (κ3) is 6.55. The lowest BCUT2D eigenvalue weighted by molar-refractivity contribution is -0.385. The maximum Gasteiger partial charge on any atom is 0.274 e. The topological polar surface area (TPSA) is 146 Å². The molecule has 3 rings (SSSR count). The molecule has 12 nitrogen and oxygen atoms in total. The van der Waals surface area contributed by atoms with Gasteiger partial charge in [-0.05, 0) is 57.0 Å². The summed E-state index contributed by atoms with van der Waals surface area (Å²) in [5.74, 6) is 0.197. The number of nitrogens with one attached hydrogen (secondary N) is 1. The Bertz CT molecular complexity index is 1450. The Balaban J connectivity index is 2.21. The van der Waals surface area contributed by atoms with Crippen molar-refractivity contribution in [3.8, 4) is 23.1 Å². The second-order valence-electron chi connectivity index (χ2n) is 9.04. The Morgan fingerprint density at radius 1 is 1.21 bits per heavy atom. The summed E-state index contributed by atoms with van der Waals surface area (Å²) in [6, 6.07) is 9.73. The number of nitrogens with zero attached hydrogens (tertiary/aromatic N) is 4. The van der Waals surface area contributed by atoms with E-state index in [4.69, 9.17) is 9.47 Å². The molecule has 0 spiro atoms. The zero-order valence-electron chi connectivity index (χ0n) is 22.8. The van der Waals surface area contributed by atoms with Crippen molar-refractivity contribution >= 4 is 21.6 Å². The van der Waals surface area contributed by atoms with E-state index in [0.717, 1.165) is 18.6 Å². The normalized spacial score (nSPS) is 12.2. The average molecular weight is 560 g/mol. The molecule has 1 heterocycles. The van der Waals surface area contributed by atoms with E-state index in [-0.39, 0.29) is 23.2 Å². The van der Waals surface area contributed by atoms with Crippen molar-refractivity contribution < 1.29 is 27.6 Å². The Morgan fingerprint density at radius 3 is 2.44 bits per heavy atom. The third-order valence-corrected chi connectivity index (χ3v) is 7.71. The molecule has 0 saturated carbocycles. The van der Waals surface area contributed by atoms with Crippen molar-refractivity contribution in [2.45, 2.75) is 51.5 Å². The number of non-ortho nitro benzene ring substituents is 1. The number of benzene rings is 2. The molecule has 39 heavy (non-hydrogen) atoms. The van der Waals surface area contributed by atoms with Gasteiger partial charge >= 0.3 is 0 Å². The zero-order chi connectivity index (χ0) is 28.9. The molecular formula is C26H33N5O7S. The maximum absolute atomic E-state index is 13.3. The van der Waals surface area contributed by atoms with E-state index in [1.165, 1.54) is 22.8 Å². The zero-order valence-corrected chi connectivity index (χ0v) is 23.6. The number of ether oxygens (including phenoxy) is 2. The number of hydrogen-bond acceptors (Lipinski definition) is 8. The SMILES string of the molecule is CCCN(C)C(=O)c1nn(-c2ccc(OC)cc2)c(Oc2ccc([N+](=O)[O-])cc2S(=O)(=O)NC(C)CC)c1C. The van der Waals surface area contributed by atoms with Crippen LogP contribution in [0.25, 0.3) is 5.69 Å². The number of aromatic nitrogens is 2. The van der Waals surface area contributed by atoms with Crippen LogP contribution in [0.3, 0.4) is 0 Å². The van der Waals surface area contributed by atoms with E-state index in [1.54, 1.807) is 45.2 Å². The summed E-state index contributed by atoms with van der Waals surface area (Å²) in [5.41, 5.74) is 0.607. The monoisotopic (exact) mass is 559 g/mol. The van der Waals surface area contributed by atoms with Crippen LogP contribution in [-0.2, 0) is 10.0 Å². The molecule has 0 radical (unpaired) electrons. The van der Waals surface area contributed by atoms with Crippen molar-refractivity contribution in [2.24, 2.45) is 0 Å². The lowest BCUT2D eigenvalue weighted by Crippen LogP contribution is -2.32. The minimum absolute atomic E-state index is 0.0854. The van der Waals surface area contributed by atoms with Crippen molar-refractivity contribution in [1.82, 2.24) is 19.4 Å². The summed E-state index contributed by atoms with van der Waals surface area (Å²) in [7, 11) is -1.01. The van der Waals surface area contributed by atoms with Crippen LogP contribution in [-0.4, -0.2) is 60.7 Å². The van der Waals surface area contributed by atoms with Gasteiger partial charge in [0.2, 0.25) is 15.9 Å². The molecule has 1 N–H and O–H groups in total. The lowest BCUT2D eigenvalue weighted by Gasteiger charge is -2.16. The predicted octanol–water partition coefficient (Wildman–Crippen LogP) is 4.45. The van der Waals surface area contributed by atoms with E-state index in [9.17, 15) is 23.3 Å². The fraction of sp³-hybridized carbons (Fsp3) is 0.385. The van der Waals surface area contributed by atoms with Gasteiger partial charge in [-0.3, -0.25) is 14.9 Å². The van der Waals surface area contributed by atoms with Gasteiger partial charge in [-0.2, -0.15) is 9.78 Å². The summed E-state index contributed by atoms with van der Waals surface area (Å²) in [5, 5.41) is 16.0. The second-order valence-corrected chi connectivity index (χ2v) is 10.7. The van der Waals surface area contributed by atoms with E-state index < -0.39 is 31.6 Å². The molecule has 0 aliphatic carbocycles. The molecule has 3 aromatic rings. The van der Waals surface area contributed by atoms with Gasteiger partial charge in [-0.25, -0.2) is 13.1 Å². The molecule has 13 heteroatoms. The second kappa shape index (κ2) is 12.3. The summed E-state index contributed by atoms with van der Waals surface area (Å²) in [4.78, 5) is 25.1. The number of carbonyl (C=O) groups excluding carboxylic acids is 1. The van der Waals surface area contributed by atoms with Crippen LogP contribution < -0.4 is 14.2 Å². The van der Waals surface area contributed by atoms with Crippen LogP contribution in [0.1, 0.15) is 49.7 Å². The Morgan fingerprint density at radius 2 is 1.87 bits per heavy atom. The van der Waals surface area contributed by atoms with Crippen LogP contribution in [0.2, 0.25) is 0 Å². The van der Waals surface area contributed by atoms with Crippen molar-refractivity contribution in [2.75, 3.05) is 20.7 Å². The minimum Gasteiger partial charge on any atom is -0.497 e. The quantitative estimate of drug-likeness (QED) is 0.253. The van der Waals surface area contributed by atoms with Gasteiger partial charge in [0.15, 0.2) is 5.69 Å². The Hall–Kier alpha value is -3.97. The van der Waals surface area contributed by atoms with Crippen LogP contribution in [0.4, 0.5) is 5.69 Å². The van der Waals surface area contributed by atoms with E-state index in [1.807, 2.05) is 13.8 Å². The van der Waals surface area contributed by atoms with Gasteiger partial charge < -0.3 is 14.4 Å². The number of nitro benzene ring substituents is 1. The Labute approximate surface area is 227 Å². The molecule has 0 aliphatic heterocycles. The third-order valence-electron chi connectivity index (χ3n) is 6.10. The summed E-state index contributed by atoms with van der Waals surface area (Å²) < 4.78 is 41.8. The van der Waals surface area contributed by atoms with Crippen molar-refractivity contribution in [1.29, 1.82) is 0 Å².